The van der Waals surface area contributed by atoms with Crippen LogP contribution < -0.4 is 0 Å². The number of nitro groups is 1. The van der Waals surface area contributed by atoms with Crippen molar-refractivity contribution in [3.63, 3.8) is 0 Å². The van der Waals surface area contributed by atoms with Crippen molar-refractivity contribution in [2.45, 2.75) is 12.5 Å². The van der Waals surface area contributed by atoms with Crippen LogP contribution >= 0.6 is 0 Å². The Balaban J connectivity index is 2.18. The van der Waals surface area contributed by atoms with Crippen LogP contribution in [0.5, 0.6) is 0 Å². The molecule has 0 aliphatic rings. The molecule has 0 unspecified atom stereocenters. The van der Waals surface area contributed by atoms with Gasteiger partial charge in [0.25, 0.3) is 5.69 Å². The molecule has 1 N–H and O–H groups in total. The van der Waals surface area contributed by atoms with Gasteiger partial charge in [-0.2, -0.15) is 0 Å². The lowest BCUT2D eigenvalue weighted by atomic mass is 10.0. The first-order valence-corrected chi connectivity index (χ1v) is 6.24. The van der Waals surface area contributed by atoms with Crippen LogP contribution in [-0.2, 0) is 11.2 Å². The molecular formula is C15H13NO5. The van der Waals surface area contributed by atoms with Crippen LogP contribution in [0.25, 0.3) is 0 Å². The van der Waals surface area contributed by atoms with Crippen molar-refractivity contribution in [2.24, 2.45) is 0 Å². The number of nitrogens with zero attached hydrogens (tertiary/aromatic N) is 1. The highest BCUT2D eigenvalue weighted by Crippen LogP contribution is 2.23. The molecule has 6 heteroatoms. The Kier molecular flexibility index (Phi) is 4.50. The molecule has 21 heavy (non-hydrogen) atoms. The summed E-state index contributed by atoms with van der Waals surface area (Å²) in [5, 5.41) is 19.4. The highest BCUT2D eigenvalue weighted by atomic mass is 16.7. The summed E-state index contributed by atoms with van der Waals surface area (Å²) in [6.07, 6.45) is -1.69. The van der Waals surface area contributed by atoms with Crippen molar-refractivity contribution in [2.75, 3.05) is 0 Å². The second kappa shape index (κ2) is 6.51. The fourth-order valence-electron chi connectivity index (χ4n) is 1.98. The molecule has 0 bridgehead atoms. The van der Waals surface area contributed by atoms with Gasteiger partial charge in [-0.1, -0.05) is 42.5 Å². The number of carbonyl (C=O) groups is 1. The first kappa shape index (κ1) is 14.5. The maximum atomic E-state index is 10.8. The van der Waals surface area contributed by atoms with Crippen LogP contribution in [-0.4, -0.2) is 16.2 Å². The normalized spacial score (nSPS) is 11.6. The van der Waals surface area contributed by atoms with E-state index in [4.69, 9.17) is 9.84 Å². The molecule has 2 aromatic rings. The second-order valence-electron chi connectivity index (χ2n) is 4.41. The first-order valence-electron chi connectivity index (χ1n) is 6.24. The lowest BCUT2D eigenvalue weighted by molar-refractivity contribution is -0.384. The van der Waals surface area contributed by atoms with Crippen LogP contribution in [0.2, 0.25) is 0 Å². The minimum atomic E-state index is -1.36. The van der Waals surface area contributed by atoms with Gasteiger partial charge in [-0.05, 0) is 11.1 Å². The summed E-state index contributed by atoms with van der Waals surface area (Å²) in [5.41, 5.74) is 1.49. The molecule has 0 saturated carbocycles. The summed E-state index contributed by atoms with van der Waals surface area (Å²) < 4.78 is 4.90. The van der Waals surface area contributed by atoms with Gasteiger partial charge in [-0.25, -0.2) is 4.79 Å². The standard InChI is InChI=1S/C15H13NO5/c17-15(18)21-14(12-4-2-1-3-5-12)10-11-6-8-13(9-7-11)16(19)20/h1-9,14H,10H2,(H,17,18)/t14-/m0/s1. The van der Waals surface area contributed by atoms with E-state index in [1.54, 1.807) is 36.4 Å². The third kappa shape index (κ3) is 4.04. The van der Waals surface area contributed by atoms with E-state index < -0.39 is 17.2 Å². The maximum absolute atomic E-state index is 10.8. The van der Waals surface area contributed by atoms with Gasteiger partial charge < -0.3 is 9.84 Å². The van der Waals surface area contributed by atoms with Gasteiger partial charge in [-0.3, -0.25) is 10.1 Å². The topological polar surface area (TPSA) is 89.7 Å². The Labute approximate surface area is 120 Å². The fourth-order valence-corrected chi connectivity index (χ4v) is 1.98. The average molecular weight is 287 g/mol. The van der Waals surface area contributed by atoms with Gasteiger partial charge in [0.05, 0.1) is 4.92 Å². The lowest BCUT2D eigenvalue weighted by Gasteiger charge is -2.16. The van der Waals surface area contributed by atoms with E-state index >= 15 is 0 Å². The van der Waals surface area contributed by atoms with Crippen molar-refractivity contribution in [3.8, 4) is 0 Å². The number of nitro benzene ring substituents is 1. The predicted octanol–water partition coefficient (Wildman–Crippen LogP) is 3.57. The van der Waals surface area contributed by atoms with Crippen LogP contribution in [0, 0.1) is 10.1 Å². The third-order valence-electron chi connectivity index (χ3n) is 2.98. The van der Waals surface area contributed by atoms with E-state index in [0.29, 0.717) is 6.42 Å². The van der Waals surface area contributed by atoms with Gasteiger partial charge in [-0.15, -0.1) is 0 Å². The SMILES string of the molecule is O=C(O)O[C@@H](Cc1ccc([N+](=O)[O-])cc1)c1ccccc1. The highest BCUT2D eigenvalue weighted by molar-refractivity contribution is 5.57. The van der Waals surface area contributed by atoms with Gasteiger partial charge >= 0.3 is 6.16 Å². The van der Waals surface area contributed by atoms with Gasteiger partial charge in [0.15, 0.2) is 0 Å². The smallest absolute Gasteiger partial charge is 0.450 e. The van der Waals surface area contributed by atoms with Crippen LogP contribution in [0.4, 0.5) is 10.5 Å². The molecule has 0 aromatic heterocycles. The molecular weight excluding hydrogens is 274 g/mol. The quantitative estimate of drug-likeness (QED) is 0.515. The number of rotatable bonds is 5. The summed E-state index contributed by atoms with van der Waals surface area (Å²) in [5.74, 6) is 0. The zero-order valence-electron chi connectivity index (χ0n) is 11.0. The lowest BCUT2D eigenvalue weighted by Crippen LogP contribution is -2.12. The largest absolute Gasteiger partial charge is 0.506 e. The molecule has 108 valence electrons. The molecule has 6 nitrogen and oxygen atoms in total. The number of non-ortho nitro benzene ring substituents is 1. The molecule has 2 aromatic carbocycles. The zero-order chi connectivity index (χ0) is 15.2. The molecule has 0 aliphatic heterocycles. The summed E-state index contributed by atoms with van der Waals surface area (Å²) in [7, 11) is 0. The molecule has 0 amide bonds. The number of benzene rings is 2. The van der Waals surface area contributed by atoms with Crippen molar-refractivity contribution in [1.82, 2.24) is 0 Å². The van der Waals surface area contributed by atoms with E-state index in [1.165, 1.54) is 12.1 Å². The monoisotopic (exact) mass is 287 g/mol. The van der Waals surface area contributed by atoms with Crippen LogP contribution in [0.3, 0.4) is 0 Å². The highest BCUT2D eigenvalue weighted by Gasteiger charge is 2.17. The van der Waals surface area contributed by atoms with E-state index in [1.807, 2.05) is 6.07 Å². The average Bonchev–Trinajstić information content (AvgIpc) is 2.47. The Hall–Kier alpha value is -2.89. The molecule has 0 aliphatic carbocycles. The molecule has 0 radical (unpaired) electrons. The number of carboxylic acid groups (broad SMARTS) is 1. The summed E-state index contributed by atoms with van der Waals surface area (Å²) in [6.45, 7) is 0. The molecule has 1 atom stereocenters. The Morgan fingerprint density at radius 1 is 1.14 bits per heavy atom. The molecule has 0 spiro atoms. The number of hydrogen-bond donors (Lipinski definition) is 1. The minimum Gasteiger partial charge on any atom is -0.450 e. The first-order chi connectivity index (χ1) is 10.1. The van der Waals surface area contributed by atoms with Crippen molar-refractivity contribution in [1.29, 1.82) is 0 Å². The Bertz CT molecular complexity index is 624. The minimum absolute atomic E-state index is 0.00540. The number of ether oxygens (including phenoxy) is 1. The van der Waals surface area contributed by atoms with Gasteiger partial charge in [0.1, 0.15) is 6.10 Å². The summed E-state index contributed by atoms with van der Waals surface area (Å²) in [6, 6.07) is 14.9. The summed E-state index contributed by atoms with van der Waals surface area (Å²) in [4.78, 5) is 20.9. The van der Waals surface area contributed by atoms with Crippen molar-refractivity contribution < 1.29 is 19.6 Å². The second-order valence-corrected chi connectivity index (χ2v) is 4.41. The Morgan fingerprint density at radius 2 is 1.76 bits per heavy atom. The Morgan fingerprint density at radius 3 is 2.29 bits per heavy atom. The van der Waals surface area contributed by atoms with E-state index in [-0.39, 0.29) is 5.69 Å². The fraction of sp³-hybridized carbons (Fsp3) is 0.133. The molecule has 0 heterocycles. The third-order valence-corrected chi connectivity index (χ3v) is 2.98. The maximum Gasteiger partial charge on any atom is 0.506 e. The van der Waals surface area contributed by atoms with E-state index in [2.05, 4.69) is 0 Å². The van der Waals surface area contributed by atoms with Gasteiger partial charge in [0, 0.05) is 18.6 Å². The molecule has 2 rings (SSSR count). The number of hydrogen-bond acceptors (Lipinski definition) is 4. The van der Waals surface area contributed by atoms with Crippen molar-refractivity contribution in [3.05, 3.63) is 75.8 Å². The predicted molar refractivity (Wildman–Crippen MR) is 75.1 cm³/mol. The van der Waals surface area contributed by atoms with Crippen molar-refractivity contribution >= 4 is 11.8 Å². The molecule has 0 saturated heterocycles. The van der Waals surface area contributed by atoms with E-state index in [0.717, 1.165) is 11.1 Å². The van der Waals surface area contributed by atoms with E-state index in [9.17, 15) is 14.9 Å². The zero-order valence-corrected chi connectivity index (χ0v) is 11.0. The molecule has 0 fully saturated rings. The van der Waals surface area contributed by atoms with Gasteiger partial charge in [0.2, 0.25) is 0 Å². The summed E-state index contributed by atoms with van der Waals surface area (Å²) >= 11 is 0. The van der Waals surface area contributed by atoms with Crippen LogP contribution in [0.15, 0.2) is 54.6 Å². The van der Waals surface area contributed by atoms with Crippen LogP contribution in [0.1, 0.15) is 17.2 Å².